The number of esters is 1. The average molecular weight is 838 g/mol. The highest BCUT2D eigenvalue weighted by Gasteiger charge is 2.57. The van der Waals surface area contributed by atoms with E-state index in [0.717, 1.165) is 11.1 Å². The fourth-order valence-electron chi connectivity index (χ4n) is 9.08. The Morgan fingerprint density at radius 3 is 2.30 bits per heavy atom. The number of fused-ring (bicyclic) bond motifs is 1. The maximum Gasteiger partial charge on any atom is 0.408 e. The largest absolute Gasteiger partial charge is 0.458 e. The molecule has 0 saturated carbocycles. The molecule has 60 heavy (non-hydrogen) atoms. The number of benzene rings is 1. The molecule has 1 aromatic carbocycles. The first-order valence-corrected chi connectivity index (χ1v) is 21.1. The average Bonchev–Trinajstić information content (AvgIpc) is 3.53. The minimum absolute atomic E-state index is 0.132. The molecule has 3 N–H and O–H groups in total. The molecule has 0 bridgehead atoms. The van der Waals surface area contributed by atoms with Crippen molar-refractivity contribution in [1.82, 2.24) is 25.5 Å². The number of carbonyl (C=O) groups is 5. The summed E-state index contributed by atoms with van der Waals surface area (Å²) in [6.07, 6.45) is -1.53. The molecule has 1 aromatic heterocycles. The molecule has 2 aromatic rings. The van der Waals surface area contributed by atoms with Crippen molar-refractivity contribution in [2.45, 2.75) is 141 Å². The van der Waals surface area contributed by atoms with E-state index in [-0.39, 0.29) is 37.3 Å². The second kappa shape index (κ2) is 19.5. The van der Waals surface area contributed by atoms with Crippen LogP contribution in [0.4, 0.5) is 9.59 Å². The zero-order valence-electron chi connectivity index (χ0n) is 36.5. The summed E-state index contributed by atoms with van der Waals surface area (Å²) in [6.45, 7) is 13.4. The summed E-state index contributed by atoms with van der Waals surface area (Å²) in [5.41, 5.74) is -1.24. The maximum absolute atomic E-state index is 14.4. The van der Waals surface area contributed by atoms with Crippen molar-refractivity contribution in [1.29, 1.82) is 0 Å². The van der Waals surface area contributed by atoms with Gasteiger partial charge in [-0.2, -0.15) is 0 Å². The van der Waals surface area contributed by atoms with Crippen LogP contribution in [0.15, 0.2) is 42.7 Å². The molecule has 0 spiro atoms. The van der Waals surface area contributed by atoms with E-state index in [4.69, 9.17) is 23.7 Å². The number of amides is 2. The van der Waals surface area contributed by atoms with E-state index in [1.807, 2.05) is 50.2 Å². The zero-order valence-corrected chi connectivity index (χ0v) is 36.5. The minimum Gasteiger partial charge on any atom is -0.458 e. The number of aliphatic hydroxyl groups excluding tert-OH is 1. The SMILES string of the molecule is CC[C@H]1OC(=O)[C@H](C)C(=O)[C@H](C)[C@@H](O[C@@H]2O[C@H](C)C[C@H](N(C)C)[C@H]2O)[C@](C)(OC(=O)NCCCc2ccc(-c3ncccn3)cc2)C[C@@H](C)C(=O)[C@H](C)[C@H]2NC(=O)O[C@@]21C. The summed E-state index contributed by atoms with van der Waals surface area (Å²) >= 11 is 0. The number of carbonyl (C=O) groups excluding carboxylic acids is 5. The maximum atomic E-state index is 14.4. The van der Waals surface area contributed by atoms with E-state index < -0.39 is 89.5 Å². The van der Waals surface area contributed by atoms with Crippen molar-refractivity contribution in [3.63, 3.8) is 0 Å². The van der Waals surface area contributed by atoms with E-state index >= 15 is 0 Å². The summed E-state index contributed by atoms with van der Waals surface area (Å²) < 4.78 is 30.7. The van der Waals surface area contributed by atoms with E-state index in [9.17, 15) is 29.1 Å². The Kier molecular flexibility index (Phi) is 15.1. The molecular formula is C44H63N5O11. The number of aryl methyl sites for hydroxylation is 1. The standard InChI is InChI=1S/C44H63N5O11/c1-11-32-44(8)36(48-42(55)60-44)26(4)33(50)24(2)23-43(7,59-41(54)47-19-12-14-29-15-17-30(18-16-29)38-45-20-13-21-46-38)37(27(5)34(51)28(6)39(53)57-32)58-40-35(52)31(49(9)10)22-25(3)56-40/h13,15-18,20-21,24-28,31-32,35-37,40,52H,11-12,14,19,22-23H2,1-10H3,(H,47,54)(H,48,55)/t24-,25-,26+,27+,28-,31+,32-,35-,36-,37-,40+,43-,44-/m1/s1. The monoisotopic (exact) mass is 837 g/mol. The molecule has 0 unspecified atom stereocenters. The Morgan fingerprint density at radius 2 is 1.67 bits per heavy atom. The van der Waals surface area contributed by atoms with Crippen molar-refractivity contribution >= 4 is 29.7 Å². The smallest absolute Gasteiger partial charge is 0.408 e. The molecular weight excluding hydrogens is 775 g/mol. The first-order valence-electron chi connectivity index (χ1n) is 21.1. The summed E-state index contributed by atoms with van der Waals surface area (Å²) in [5.74, 6) is -5.28. The number of Topliss-reactive ketones (excluding diaryl/α,β-unsaturated/α-hetero) is 2. The lowest BCUT2D eigenvalue weighted by Gasteiger charge is -2.47. The van der Waals surface area contributed by atoms with Gasteiger partial charge in [0, 0.05) is 48.3 Å². The van der Waals surface area contributed by atoms with Crippen molar-refractivity contribution in [2.24, 2.45) is 23.7 Å². The minimum atomic E-state index is -1.72. The number of ether oxygens (including phenoxy) is 5. The third kappa shape index (κ3) is 10.3. The first-order chi connectivity index (χ1) is 28.3. The van der Waals surface area contributed by atoms with Gasteiger partial charge in [0.15, 0.2) is 23.5 Å². The van der Waals surface area contributed by atoms with Crippen molar-refractivity contribution in [2.75, 3.05) is 20.6 Å². The van der Waals surface area contributed by atoms with Crippen LogP contribution < -0.4 is 10.6 Å². The normalized spacial score (nSPS) is 35.4. The van der Waals surface area contributed by atoms with Crippen LogP contribution in [-0.4, -0.2) is 124 Å². The molecule has 13 atom stereocenters. The van der Waals surface area contributed by atoms with Gasteiger partial charge in [-0.25, -0.2) is 19.6 Å². The molecule has 0 aliphatic carbocycles. The zero-order chi connectivity index (χ0) is 44.1. The van der Waals surface area contributed by atoms with Gasteiger partial charge in [0.25, 0.3) is 0 Å². The van der Waals surface area contributed by atoms with Gasteiger partial charge in [-0.1, -0.05) is 52.0 Å². The lowest BCUT2D eigenvalue weighted by molar-refractivity contribution is -0.292. The summed E-state index contributed by atoms with van der Waals surface area (Å²) in [7, 11) is 3.66. The van der Waals surface area contributed by atoms with Crippen molar-refractivity contribution in [3.8, 4) is 11.4 Å². The predicted octanol–water partition coefficient (Wildman–Crippen LogP) is 4.65. The Bertz CT molecular complexity index is 1830. The quantitative estimate of drug-likeness (QED) is 0.129. The summed E-state index contributed by atoms with van der Waals surface area (Å²) in [5, 5.41) is 17.2. The van der Waals surface area contributed by atoms with Gasteiger partial charge in [0.05, 0.1) is 12.1 Å². The Labute approximate surface area is 352 Å². The van der Waals surface area contributed by atoms with Gasteiger partial charge in [0.2, 0.25) is 0 Å². The number of cyclic esters (lactones) is 1. The third-order valence-electron chi connectivity index (χ3n) is 12.5. The number of rotatable bonds is 10. The highest BCUT2D eigenvalue weighted by Crippen LogP contribution is 2.40. The fraction of sp³-hybridized carbons (Fsp3) is 0.659. The van der Waals surface area contributed by atoms with Gasteiger partial charge in [-0.15, -0.1) is 0 Å². The number of ketones is 2. The van der Waals surface area contributed by atoms with Crippen LogP contribution in [-0.2, 0) is 44.5 Å². The van der Waals surface area contributed by atoms with Gasteiger partial charge < -0.3 is 44.3 Å². The highest BCUT2D eigenvalue weighted by atomic mass is 16.7. The van der Waals surface area contributed by atoms with Crippen LogP contribution in [0.2, 0.25) is 0 Å². The van der Waals surface area contributed by atoms with Gasteiger partial charge in [-0.05, 0) is 85.5 Å². The molecule has 3 aliphatic heterocycles. The Hall–Kier alpha value is -4.51. The second-order valence-corrected chi connectivity index (χ2v) is 17.4. The van der Waals surface area contributed by atoms with Gasteiger partial charge in [0.1, 0.15) is 35.6 Å². The molecule has 16 nitrogen and oxygen atoms in total. The highest BCUT2D eigenvalue weighted by molar-refractivity contribution is 6.00. The third-order valence-corrected chi connectivity index (χ3v) is 12.5. The summed E-state index contributed by atoms with van der Waals surface area (Å²) in [4.78, 5) is 79.8. The molecule has 0 radical (unpaired) electrons. The molecule has 16 heteroatoms. The lowest BCUT2D eigenvalue weighted by Crippen LogP contribution is -2.60. The van der Waals surface area contributed by atoms with Crippen molar-refractivity contribution in [3.05, 3.63) is 48.3 Å². The molecule has 3 saturated heterocycles. The lowest BCUT2D eigenvalue weighted by atomic mass is 9.73. The number of nitrogens with one attached hydrogen (secondary N) is 2. The summed E-state index contributed by atoms with van der Waals surface area (Å²) in [6, 6.07) is 8.33. The van der Waals surface area contributed by atoms with Gasteiger partial charge >= 0.3 is 18.2 Å². The first kappa shape index (κ1) is 46.6. The van der Waals surface area contributed by atoms with Crippen LogP contribution in [0.25, 0.3) is 11.4 Å². The molecule has 2 amide bonds. The molecule has 3 aliphatic rings. The van der Waals surface area contributed by atoms with E-state index in [1.165, 1.54) is 6.92 Å². The number of aliphatic hydroxyl groups is 1. The van der Waals surface area contributed by atoms with E-state index in [0.29, 0.717) is 25.1 Å². The molecule has 5 rings (SSSR count). The van der Waals surface area contributed by atoms with E-state index in [1.54, 1.807) is 60.0 Å². The van der Waals surface area contributed by atoms with Crippen LogP contribution in [0.3, 0.4) is 0 Å². The fourth-order valence-corrected chi connectivity index (χ4v) is 9.08. The number of likely N-dealkylation sites (N-methyl/N-ethyl adjacent to an activating group) is 1. The predicted molar refractivity (Wildman–Crippen MR) is 219 cm³/mol. The van der Waals surface area contributed by atoms with Crippen LogP contribution in [0.5, 0.6) is 0 Å². The van der Waals surface area contributed by atoms with Crippen molar-refractivity contribution < 1.29 is 52.8 Å². The second-order valence-electron chi connectivity index (χ2n) is 17.4. The molecule has 330 valence electrons. The number of nitrogens with zero attached hydrogens (tertiary/aromatic N) is 3. The van der Waals surface area contributed by atoms with Crippen LogP contribution >= 0.6 is 0 Å². The number of hydrogen-bond acceptors (Lipinski definition) is 14. The molecule has 3 fully saturated rings. The Balaban J connectivity index is 1.45. The molecule has 4 heterocycles. The van der Waals surface area contributed by atoms with Gasteiger partial charge in [-0.3, -0.25) is 14.4 Å². The number of aromatic nitrogens is 2. The van der Waals surface area contributed by atoms with Crippen LogP contribution in [0, 0.1) is 23.7 Å². The van der Waals surface area contributed by atoms with E-state index in [2.05, 4.69) is 20.6 Å². The number of alkyl carbamates (subject to hydrolysis) is 2. The number of hydrogen-bond donors (Lipinski definition) is 3. The topological polar surface area (TPSA) is 205 Å². The van der Waals surface area contributed by atoms with Crippen LogP contribution in [0.1, 0.15) is 86.6 Å². The Morgan fingerprint density at radius 1 is 1.00 bits per heavy atom.